The number of hydrogen-bond donors (Lipinski definition) is 1. The summed E-state index contributed by atoms with van der Waals surface area (Å²) < 4.78 is 27.9. The Morgan fingerprint density at radius 2 is 1.66 bits per heavy atom. The van der Waals surface area contributed by atoms with Crippen molar-refractivity contribution in [3.63, 3.8) is 0 Å². The number of rotatable bonds is 5. The van der Waals surface area contributed by atoms with E-state index < -0.39 is 10.0 Å². The normalized spacial score (nSPS) is 23.7. The van der Waals surface area contributed by atoms with Gasteiger partial charge in [-0.2, -0.15) is 5.26 Å². The molecule has 8 heteroatoms. The van der Waals surface area contributed by atoms with E-state index in [0.29, 0.717) is 37.3 Å². The molecule has 1 aliphatic carbocycles. The van der Waals surface area contributed by atoms with Crippen molar-refractivity contribution in [2.45, 2.75) is 56.5 Å². The van der Waals surface area contributed by atoms with Crippen LogP contribution in [0.2, 0.25) is 0 Å². The quantitative estimate of drug-likeness (QED) is 0.789. The second-order valence-electron chi connectivity index (χ2n) is 8.26. The van der Waals surface area contributed by atoms with Crippen LogP contribution in [-0.2, 0) is 14.8 Å². The number of piperazine rings is 1. The van der Waals surface area contributed by atoms with Crippen LogP contribution >= 0.6 is 0 Å². The van der Waals surface area contributed by atoms with Gasteiger partial charge < -0.3 is 4.90 Å². The predicted molar refractivity (Wildman–Crippen MR) is 111 cm³/mol. The Morgan fingerprint density at radius 1 is 1.07 bits per heavy atom. The van der Waals surface area contributed by atoms with Gasteiger partial charge in [0.1, 0.15) is 0 Å². The molecule has 3 rings (SSSR count). The monoisotopic (exact) mass is 418 g/mol. The first-order chi connectivity index (χ1) is 13.8. The first kappa shape index (κ1) is 21.8. The van der Waals surface area contributed by atoms with Gasteiger partial charge >= 0.3 is 0 Å². The molecule has 0 bridgehead atoms. The molecule has 0 spiro atoms. The summed E-state index contributed by atoms with van der Waals surface area (Å²) in [6, 6.07) is 8.24. The van der Waals surface area contributed by atoms with Gasteiger partial charge in [0.05, 0.1) is 16.5 Å². The van der Waals surface area contributed by atoms with Crippen molar-refractivity contribution in [3.8, 4) is 6.07 Å². The van der Waals surface area contributed by atoms with E-state index in [0.717, 1.165) is 26.2 Å². The summed E-state index contributed by atoms with van der Waals surface area (Å²) in [7, 11) is -3.62. The third-order valence-electron chi connectivity index (χ3n) is 6.05. The van der Waals surface area contributed by atoms with E-state index >= 15 is 0 Å². The van der Waals surface area contributed by atoms with Crippen LogP contribution in [0.4, 0.5) is 0 Å². The maximum absolute atomic E-state index is 12.8. The molecule has 1 aliphatic heterocycles. The van der Waals surface area contributed by atoms with Crippen LogP contribution in [0.15, 0.2) is 29.2 Å². The van der Waals surface area contributed by atoms with E-state index in [1.165, 1.54) is 24.3 Å². The van der Waals surface area contributed by atoms with Gasteiger partial charge in [-0.3, -0.25) is 9.69 Å². The van der Waals surface area contributed by atoms with Crippen LogP contribution in [0.1, 0.15) is 45.1 Å². The van der Waals surface area contributed by atoms with Crippen molar-refractivity contribution >= 4 is 15.9 Å². The predicted octanol–water partition coefficient (Wildman–Crippen LogP) is 1.95. The Kier molecular flexibility index (Phi) is 6.93. The lowest BCUT2D eigenvalue weighted by molar-refractivity contribution is -0.138. The highest BCUT2D eigenvalue weighted by molar-refractivity contribution is 7.89. The minimum atomic E-state index is -3.62. The molecule has 1 N–H and O–H groups in total. The second-order valence-corrected chi connectivity index (χ2v) is 9.97. The first-order valence-electron chi connectivity index (χ1n) is 10.4. The fourth-order valence-electron chi connectivity index (χ4n) is 4.17. The van der Waals surface area contributed by atoms with Crippen LogP contribution in [0.25, 0.3) is 0 Å². The lowest BCUT2D eigenvalue weighted by Gasteiger charge is -2.39. The molecule has 2 fully saturated rings. The summed E-state index contributed by atoms with van der Waals surface area (Å²) in [6.07, 6.45) is 2.75. The number of benzene rings is 1. The standard InChI is InChI=1S/C21H30N4O3S/c1-16(2)24-11-13-25(14-12-24)21(26)18-5-7-19(8-6-18)23-29(27,28)20-9-3-17(15-22)4-10-20/h3-4,9-10,16,18-19,23H,5-8,11-14H2,1-2H3. The zero-order valence-electron chi connectivity index (χ0n) is 17.2. The lowest BCUT2D eigenvalue weighted by Crippen LogP contribution is -2.52. The van der Waals surface area contributed by atoms with Gasteiger partial charge in [-0.25, -0.2) is 13.1 Å². The van der Waals surface area contributed by atoms with E-state index in [9.17, 15) is 13.2 Å². The highest BCUT2D eigenvalue weighted by atomic mass is 32.2. The molecule has 0 unspecified atom stereocenters. The fraction of sp³-hybridized carbons (Fsp3) is 0.619. The topological polar surface area (TPSA) is 93.5 Å². The van der Waals surface area contributed by atoms with E-state index in [-0.39, 0.29) is 22.8 Å². The van der Waals surface area contributed by atoms with Gasteiger partial charge in [-0.15, -0.1) is 0 Å². The maximum Gasteiger partial charge on any atom is 0.240 e. The summed E-state index contributed by atoms with van der Waals surface area (Å²) >= 11 is 0. The van der Waals surface area contributed by atoms with Crippen molar-refractivity contribution in [2.75, 3.05) is 26.2 Å². The molecule has 1 saturated heterocycles. The zero-order valence-corrected chi connectivity index (χ0v) is 18.0. The van der Waals surface area contributed by atoms with Crippen LogP contribution < -0.4 is 4.72 Å². The number of nitrogens with one attached hydrogen (secondary N) is 1. The number of amides is 1. The third-order valence-corrected chi connectivity index (χ3v) is 7.58. The van der Waals surface area contributed by atoms with E-state index in [4.69, 9.17) is 5.26 Å². The Bertz CT molecular complexity index is 845. The Balaban J connectivity index is 1.50. The van der Waals surface area contributed by atoms with Crippen molar-refractivity contribution < 1.29 is 13.2 Å². The van der Waals surface area contributed by atoms with Crippen molar-refractivity contribution in [2.24, 2.45) is 5.92 Å². The van der Waals surface area contributed by atoms with Gasteiger partial charge in [-0.1, -0.05) is 0 Å². The SMILES string of the molecule is CC(C)N1CCN(C(=O)C2CCC(NS(=O)(=O)c3ccc(C#N)cc3)CC2)CC1. The van der Waals surface area contributed by atoms with Gasteiger partial charge in [-0.05, 0) is 63.8 Å². The molecule has 158 valence electrons. The van der Waals surface area contributed by atoms with Crippen molar-refractivity contribution in [1.82, 2.24) is 14.5 Å². The number of sulfonamides is 1. The molecule has 1 heterocycles. The summed E-state index contributed by atoms with van der Waals surface area (Å²) in [5, 5.41) is 8.84. The minimum Gasteiger partial charge on any atom is -0.340 e. The molecule has 0 aromatic heterocycles. The Hall–Kier alpha value is -1.95. The highest BCUT2D eigenvalue weighted by Gasteiger charge is 2.32. The Labute approximate surface area is 173 Å². The summed E-state index contributed by atoms with van der Waals surface area (Å²) in [5.41, 5.74) is 0.428. The molecule has 2 aliphatic rings. The number of nitrogens with zero attached hydrogens (tertiary/aromatic N) is 3. The molecular weight excluding hydrogens is 388 g/mol. The highest BCUT2D eigenvalue weighted by Crippen LogP contribution is 2.27. The molecule has 7 nitrogen and oxygen atoms in total. The first-order valence-corrected chi connectivity index (χ1v) is 11.8. The summed E-state index contributed by atoms with van der Waals surface area (Å²) in [5.74, 6) is 0.220. The zero-order chi connectivity index (χ0) is 21.0. The summed E-state index contributed by atoms with van der Waals surface area (Å²) in [6.45, 7) is 7.76. The smallest absolute Gasteiger partial charge is 0.240 e. The lowest BCUT2D eigenvalue weighted by atomic mass is 9.85. The van der Waals surface area contributed by atoms with Crippen LogP contribution in [-0.4, -0.2) is 62.4 Å². The van der Waals surface area contributed by atoms with Gasteiger partial charge in [0.2, 0.25) is 15.9 Å². The third kappa shape index (κ3) is 5.35. The molecule has 1 aromatic rings. The molecule has 29 heavy (non-hydrogen) atoms. The number of hydrogen-bond acceptors (Lipinski definition) is 5. The van der Waals surface area contributed by atoms with Crippen LogP contribution in [0, 0.1) is 17.2 Å². The molecule has 0 radical (unpaired) electrons. The van der Waals surface area contributed by atoms with Gasteiger partial charge in [0.25, 0.3) is 0 Å². The fourth-order valence-corrected chi connectivity index (χ4v) is 5.48. The average Bonchev–Trinajstić information content (AvgIpc) is 2.73. The largest absolute Gasteiger partial charge is 0.340 e. The van der Waals surface area contributed by atoms with Crippen molar-refractivity contribution in [1.29, 1.82) is 5.26 Å². The van der Waals surface area contributed by atoms with E-state index in [1.54, 1.807) is 0 Å². The van der Waals surface area contributed by atoms with Gasteiger partial charge in [0.15, 0.2) is 0 Å². The summed E-state index contributed by atoms with van der Waals surface area (Å²) in [4.78, 5) is 17.4. The maximum atomic E-state index is 12.8. The molecule has 1 saturated carbocycles. The van der Waals surface area contributed by atoms with Gasteiger partial charge in [0, 0.05) is 44.2 Å². The van der Waals surface area contributed by atoms with Crippen LogP contribution in [0.5, 0.6) is 0 Å². The second kappa shape index (κ2) is 9.24. The molecular formula is C21H30N4O3S. The van der Waals surface area contributed by atoms with Crippen LogP contribution in [0.3, 0.4) is 0 Å². The average molecular weight is 419 g/mol. The number of carbonyl (C=O) groups is 1. The number of carbonyl (C=O) groups excluding carboxylic acids is 1. The molecule has 1 amide bonds. The van der Waals surface area contributed by atoms with E-state index in [2.05, 4.69) is 23.5 Å². The number of nitriles is 1. The van der Waals surface area contributed by atoms with E-state index in [1.807, 2.05) is 11.0 Å². The Morgan fingerprint density at radius 3 is 2.17 bits per heavy atom. The minimum absolute atomic E-state index is 0.00346. The van der Waals surface area contributed by atoms with Crippen molar-refractivity contribution in [3.05, 3.63) is 29.8 Å². The molecule has 0 atom stereocenters. The molecule has 1 aromatic carbocycles.